The van der Waals surface area contributed by atoms with Crippen molar-refractivity contribution in [3.05, 3.63) is 42.2 Å². The van der Waals surface area contributed by atoms with Gasteiger partial charge in [-0.3, -0.25) is 4.57 Å². The molecule has 4 nitrogen and oxygen atoms in total. The lowest BCUT2D eigenvalue weighted by atomic mass is 10.0. The first kappa shape index (κ1) is 12.9. The molecule has 2 atom stereocenters. The zero-order valence-corrected chi connectivity index (χ0v) is 12.5. The summed E-state index contributed by atoms with van der Waals surface area (Å²) >= 11 is 0. The number of nitrogens with one attached hydrogen (secondary N) is 1. The van der Waals surface area contributed by atoms with Gasteiger partial charge in [-0.2, -0.15) is 0 Å². The molecule has 0 spiro atoms. The third-order valence-corrected chi connectivity index (χ3v) is 4.81. The first-order valence-electron chi connectivity index (χ1n) is 7.94. The molecule has 2 aliphatic heterocycles. The monoisotopic (exact) mass is 282 g/mol. The molecule has 0 aliphatic carbocycles. The van der Waals surface area contributed by atoms with E-state index in [4.69, 9.17) is 4.98 Å². The van der Waals surface area contributed by atoms with E-state index in [1.807, 2.05) is 0 Å². The van der Waals surface area contributed by atoms with E-state index >= 15 is 0 Å². The maximum atomic E-state index is 4.88. The molecule has 2 aliphatic rings. The Morgan fingerprint density at radius 1 is 1.14 bits per heavy atom. The maximum absolute atomic E-state index is 4.88. The Morgan fingerprint density at radius 3 is 2.52 bits per heavy atom. The molecule has 2 unspecified atom stereocenters. The van der Waals surface area contributed by atoms with Crippen molar-refractivity contribution in [2.75, 3.05) is 31.1 Å². The SMILES string of the molecule is CCc1cn(-c2ccccc2)c(N2CC3CNCC3C2)n1. The van der Waals surface area contributed by atoms with E-state index in [0.29, 0.717) is 0 Å². The Labute approximate surface area is 125 Å². The molecule has 0 amide bonds. The molecule has 0 radical (unpaired) electrons. The van der Waals surface area contributed by atoms with E-state index in [-0.39, 0.29) is 0 Å². The van der Waals surface area contributed by atoms with E-state index < -0.39 is 0 Å². The van der Waals surface area contributed by atoms with Crippen molar-refractivity contribution in [2.24, 2.45) is 11.8 Å². The highest BCUT2D eigenvalue weighted by Gasteiger charge is 2.37. The van der Waals surface area contributed by atoms with Crippen LogP contribution in [0.2, 0.25) is 0 Å². The molecule has 21 heavy (non-hydrogen) atoms. The van der Waals surface area contributed by atoms with Gasteiger partial charge >= 0.3 is 0 Å². The van der Waals surface area contributed by atoms with Gasteiger partial charge in [-0.15, -0.1) is 0 Å². The van der Waals surface area contributed by atoms with Crippen LogP contribution in [0.15, 0.2) is 36.5 Å². The van der Waals surface area contributed by atoms with Crippen LogP contribution in [-0.2, 0) is 6.42 Å². The van der Waals surface area contributed by atoms with Gasteiger partial charge in [0.15, 0.2) is 0 Å². The lowest BCUT2D eigenvalue weighted by Gasteiger charge is -2.20. The molecule has 2 saturated heterocycles. The highest BCUT2D eigenvalue weighted by atomic mass is 15.3. The fourth-order valence-electron chi connectivity index (χ4n) is 3.61. The van der Waals surface area contributed by atoms with Crippen molar-refractivity contribution < 1.29 is 0 Å². The average molecular weight is 282 g/mol. The summed E-state index contributed by atoms with van der Waals surface area (Å²) in [5.74, 6) is 2.69. The number of imidazole rings is 1. The molecular weight excluding hydrogens is 260 g/mol. The minimum atomic E-state index is 0.788. The van der Waals surface area contributed by atoms with Crippen LogP contribution >= 0.6 is 0 Å². The van der Waals surface area contributed by atoms with Gasteiger partial charge in [0, 0.05) is 38.1 Å². The van der Waals surface area contributed by atoms with Crippen LogP contribution in [0.25, 0.3) is 5.69 Å². The second-order valence-corrected chi connectivity index (χ2v) is 6.17. The molecular formula is C17H22N4. The summed E-state index contributed by atoms with van der Waals surface area (Å²) in [6.45, 7) is 6.75. The van der Waals surface area contributed by atoms with Crippen LogP contribution in [-0.4, -0.2) is 35.7 Å². The average Bonchev–Trinajstić information content (AvgIpc) is 3.21. The molecule has 0 bridgehead atoms. The summed E-state index contributed by atoms with van der Waals surface area (Å²) in [5, 5.41) is 3.51. The topological polar surface area (TPSA) is 33.1 Å². The van der Waals surface area contributed by atoms with Gasteiger partial charge in [0.1, 0.15) is 0 Å². The third-order valence-electron chi connectivity index (χ3n) is 4.81. The van der Waals surface area contributed by atoms with E-state index in [9.17, 15) is 0 Å². The maximum Gasteiger partial charge on any atom is 0.210 e. The van der Waals surface area contributed by atoms with Crippen LogP contribution < -0.4 is 10.2 Å². The summed E-state index contributed by atoms with van der Waals surface area (Å²) < 4.78 is 2.26. The predicted octanol–water partition coefficient (Wildman–Crippen LogP) is 2.09. The Balaban J connectivity index is 1.70. The summed E-state index contributed by atoms with van der Waals surface area (Å²) in [6, 6.07) is 10.6. The van der Waals surface area contributed by atoms with Crippen molar-refractivity contribution in [1.82, 2.24) is 14.9 Å². The number of nitrogens with zero attached hydrogens (tertiary/aromatic N) is 3. The number of fused-ring (bicyclic) bond motifs is 1. The second-order valence-electron chi connectivity index (χ2n) is 6.17. The van der Waals surface area contributed by atoms with E-state index in [2.05, 4.69) is 58.2 Å². The number of rotatable bonds is 3. The lowest BCUT2D eigenvalue weighted by Crippen LogP contribution is -2.27. The minimum Gasteiger partial charge on any atom is -0.341 e. The van der Waals surface area contributed by atoms with E-state index in [0.717, 1.165) is 50.4 Å². The van der Waals surface area contributed by atoms with Crippen LogP contribution in [0.5, 0.6) is 0 Å². The van der Waals surface area contributed by atoms with Crippen LogP contribution in [0.4, 0.5) is 5.95 Å². The van der Waals surface area contributed by atoms with Gasteiger partial charge < -0.3 is 10.2 Å². The van der Waals surface area contributed by atoms with E-state index in [1.54, 1.807) is 0 Å². The van der Waals surface area contributed by atoms with Crippen LogP contribution in [0.1, 0.15) is 12.6 Å². The van der Waals surface area contributed by atoms with Gasteiger partial charge in [0.25, 0.3) is 0 Å². The number of aromatic nitrogens is 2. The van der Waals surface area contributed by atoms with Gasteiger partial charge in [0.2, 0.25) is 5.95 Å². The summed E-state index contributed by atoms with van der Waals surface area (Å²) in [7, 11) is 0. The number of para-hydroxylation sites is 1. The molecule has 1 aromatic carbocycles. The largest absolute Gasteiger partial charge is 0.341 e. The van der Waals surface area contributed by atoms with Gasteiger partial charge in [-0.1, -0.05) is 25.1 Å². The first-order chi connectivity index (χ1) is 10.3. The molecule has 110 valence electrons. The van der Waals surface area contributed by atoms with Crippen molar-refractivity contribution in [3.8, 4) is 5.69 Å². The van der Waals surface area contributed by atoms with Gasteiger partial charge in [0.05, 0.1) is 5.69 Å². The van der Waals surface area contributed by atoms with Crippen molar-refractivity contribution in [3.63, 3.8) is 0 Å². The van der Waals surface area contributed by atoms with Crippen LogP contribution in [0.3, 0.4) is 0 Å². The standard InChI is InChI=1S/C17H22N4/c1-2-15-12-21(16-6-4-3-5-7-16)17(19-15)20-10-13-8-18-9-14(13)11-20/h3-7,12-14,18H,2,8-11H2,1H3. The third kappa shape index (κ3) is 2.23. The summed E-state index contributed by atoms with van der Waals surface area (Å²) in [4.78, 5) is 7.36. The zero-order valence-electron chi connectivity index (χ0n) is 12.5. The number of hydrogen-bond donors (Lipinski definition) is 1. The molecule has 4 rings (SSSR count). The Hall–Kier alpha value is -1.81. The van der Waals surface area contributed by atoms with E-state index in [1.165, 1.54) is 11.4 Å². The molecule has 2 fully saturated rings. The first-order valence-corrected chi connectivity index (χ1v) is 7.94. The minimum absolute atomic E-state index is 0.788. The molecule has 2 aromatic rings. The highest BCUT2D eigenvalue weighted by Crippen LogP contribution is 2.31. The number of hydrogen-bond acceptors (Lipinski definition) is 3. The molecule has 1 N–H and O–H groups in total. The summed E-state index contributed by atoms with van der Waals surface area (Å²) in [6.07, 6.45) is 3.17. The van der Waals surface area contributed by atoms with Crippen molar-refractivity contribution in [2.45, 2.75) is 13.3 Å². The molecule has 1 aromatic heterocycles. The molecule has 3 heterocycles. The number of aryl methyl sites for hydroxylation is 1. The highest BCUT2D eigenvalue weighted by molar-refractivity contribution is 5.46. The van der Waals surface area contributed by atoms with Gasteiger partial charge in [-0.05, 0) is 30.4 Å². The number of anilines is 1. The molecule has 4 heteroatoms. The summed E-state index contributed by atoms with van der Waals surface area (Å²) in [5.41, 5.74) is 2.37. The Kier molecular flexibility index (Phi) is 3.19. The second kappa shape index (κ2) is 5.19. The zero-order chi connectivity index (χ0) is 14.2. The Morgan fingerprint density at radius 2 is 1.86 bits per heavy atom. The quantitative estimate of drug-likeness (QED) is 0.936. The fraction of sp³-hybridized carbons (Fsp3) is 0.471. The lowest BCUT2D eigenvalue weighted by molar-refractivity contribution is 0.533. The normalized spacial score (nSPS) is 24.5. The van der Waals surface area contributed by atoms with Crippen molar-refractivity contribution in [1.29, 1.82) is 0 Å². The van der Waals surface area contributed by atoms with Crippen molar-refractivity contribution >= 4 is 5.95 Å². The molecule has 0 saturated carbocycles. The van der Waals surface area contributed by atoms with Crippen LogP contribution in [0, 0.1) is 11.8 Å². The predicted molar refractivity (Wildman–Crippen MR) is 85.0 cm³/mol. The smallest absolute Gasteiger partial charge is 0.210 e. The van der Waals surface area contributed by atoms with Gasteiger partial charge in [-0.25, -0.2) is 4.98 Å². The fourth-order valence-corrected chi connectivity index (χ4v) is 3.61. The Bertz CT molecular complexity index is 607. The number of benzene rings is 1.